The number of methoxy groups -OCH3 is 1. The molecule has 5 nitrogen and oxygen atoms in total. The predicted molar refractivity (Wildman–Crippen MR) is 83.0 cm³/mol. The highest BCUT2D eigenvalue weighted by Crippen LogP contribution is 2.38. The van der Waals surface area contributed by atoms with Crippen molar-refractivity contribution in [3.05, 3.63) is 24.3 Å². The van der Waals surface area contributed by atoms with Gasteiger partial charge in [0.25, 0.3) is 0 Å². The minimum absolute atomic E-state index is 0.487. The van der Waals surface area contributed by atoms with E-state index in [9.17, 15) is 0 Å². The maximum absolute atomic E-state index is 5.43. The average Bonchev–Trinajstić information content (AvgIpc) is 2.95. The van der Waals surface area contributed by atoms with E-state index in [1.54, 1.807) is 18.9 Å². The third kappa shape index (κ3) is 2.14. The van der Waals surface area contributed by atoms with Crippen LogP contribution in [-0.4, -0.2) is 32.9 Å². The summed E-state index contributed by atoms with van der Waals surface area (Å²) < 4.78 is 7.31. The first-order chi connectivity index (χ1) is 10.4. The molecule has 6 heteroatoms. The van der Waals surface area contributed by atoms with Crippen molar-refractivity contribution in [2.75, 3.05) is 7.11 Å². The minimum Gasteiger partial charge on any atom is -0.496 e. The second kappa shape index (κ2) is 5.18. The Morgan fingerprint density at radius 2 is 2.14 bits per heavy atom. The molecule has 1 fully saturated rings. The molecule has 0 saturated heterocycles. The molecule has 108 valence electrons. The van der Waals surface area contributed by atoms with Crippen LogP contribution in [0.4, 0.5) is 0 Å². The summed E-state index contributed by atoms with van der Waals surface area (Å²) in [5.74, 6) is 1.55. The Morgan fingerprint density at radius 3 is 3.05 bits per heavy atom. The summed E-state index contributed by atoms with van der Waals surface area (Å²) in [5.41, 5.74) is 2.20. The fraction of sp³-hybridized carbons (Fsp3) is 0.400. The van der Waals surface area contributed by atoms with Gasteiger partial charge in [0, 0.05) is 0 Å². The van der Waals surface area contributed by atoms with Crippen LogP contribution in [0.2, 0.25) is 0 Å². The second-order valence-electron chi connectivity index (χ2n) is 5.26. The van der Waals surface area contributed by atoms with E-state index in [-0.39, 0.29) is 0 Å². The van der Waals surface area contributed by atoms with Crippen LogP contribution in [0.1, 0.15) is 25.7 Å². The van der Waals surface area contributed by atoms with Crippen LogP contribution < -0.4 is 4.74 Å². The molecule has 1 aromatic heterocycles. The van der Waals surface area contributed by atoms with E-state index >= 15 is 0 Å². The van der Waals surface area contributed by atoms with Crippen molar-refractivity contribution in [2.24, 2.45) is 5.10 Å². The highest BCUT2D eigenvalue weighted by molar-refractivity contribution is 8.00. The van der Waals surface area contributed by atoms with E-state index in [2.05, 4.69) is 10.2 Å². The van der Waals surface area contributed by atoms with Crippen molar-refractivity contribution in [3.63, 3.8) is 0 Å². The highest BCUT2D eigenvalue weighted by Gasteiger charge is 2.30. The van der Waals surface area contributed by atoms with Crippen molar-refractivity contribution < 1.29 is 4.74 Å². The van der Waals surface area contributed by atoms with Crippen molar-refractivity contribution in [1.82, 2.24) is 14.9 Å². The standard InChI is InChI=1S/C15H16N4OS/c1-20-12-8-4-2-6-10(12)14-16-17-15-19(14)18-11-7-3-5-9-13(11)21-15/h2,4,6,8,13H,3,5,7,9H2,1H3. The quantitative estimate of drug-likeness (QED) is 0.854. The lowest BCUT2D eigenvalue weighted by Gasteiger charge is -2.26. The number of para-hydroxylation sites is 1. The van der Waals surface area contributed by atoms with Crippen LogP contribution in [0.25, 0.3) is 11.4 Å². The summed E-state index contributed by atoms with van der Waals surface area (Å²) in [6.45, 7) is 0. The lowest BCUT2D eigenvalue weighted by molar-refractivity contribution is 0.416. The average molecular weight is 300 g/mol. The van der Waals surface area contributed by atoms with Gasteiger partial charge in [-0.05, 0) is 31.4 Å². The highest BCUT2D eigenvalue weighted by atomic mass is 32.2. The SMILES string of the molecule is COc1ccccc1-c1nnc2n1N=C1CCCCC1S2. The van der Waals surface area contributed by atoms with Crippen molar-refractivity contribution in [1.29, 1.82) is 0 Å². The van der Waals surface area contributed by atoms with E-state index in [0.29, 0.717) is 5.25 Å². The van der Waals surface area contributed by atoms with E-state index in [0.717, 1.165) is 28.7 Å². The molecule has 1 aliphatic heterocycles. The van der Waals surface area contributed by atoms with Gasteiger partial charge in [0.15, 0.2) is 5.82 Å². The second-order valence-corrected chi connectivity index (χ2v) is 6.43. The van der Waals surface area contributed by atoms with Crippen molar-refractivity contribution >= 4 is 17.5 Å². The van der Waals surface area contributed by atoms with Gasteiger partial charge in [0.1, 0.15) is 5.75 Å². The topological polar surface area (TPSA) is 52.3 Å². The maximum atomic E-state index is 5.43. The molecule has 2 aliphatic rings. The Hall–Kier alpha value is -1.82. The number of thioether (sulfide) groups is 1. The van der Waals surface area contributed by atoms with Crippen LogP contribution >= 0.6 is 11.8 Å². The van der Waals surface area contributed by atoms with E-state index in [4.69, 9.17) is 9.84 Å². The van der Waals surface area contributed by atoms with Crippen LogP contribution in [-0.2, 0) is 0 Å². The first-order valence-electron chi connectivity index (χ1n) is 7.20. The fourth-order valence-electron chi connectivity index (χ4n) is 2.89. The molecule has 0 spiro atoms. The molecule has 0 N–H and O–H groups in total. The van der Waals surface area contributed by atoms with Crippen LogP contribution in [0.5, 0.6) is 5.75 Å². The smallest absolute Gasteiger partial charge is 0.213 e. The van der Waals surface area contributed by atoms with Gasteiger partial charge >= 0.3 is 0 Å². The van der Waals surface area contributed by atoms with Crippen LogP contribution in [0.15, 0.2) is 34.5 Å². The summed E-state index contributed by atoms with van der Waals surface area (Å²) >= 11 is 1.79. The molecule has 0 bridgehead atoms. The molecule has 4 rings (SSSR count). The maximum Gasteiger partial charge on any atom is 0.213 e. The van der Waals surface area contributed by atoms with Gasteiger partial charge in [-0.3, -0.25) is 0 Å². The predicted octanol–water partition coefficient (Wildman–Crippen LogP) is 3.21. The van der Waals surface area contributed by atoms with Gasteiger partial charge in [-0.15, -0.1) is 10.2 Å². The number of nitrogens with zero attached hydrogens (tertiary/aromatic N) is 4. The zero-order valence-corrected chi connectivity index (χ0v) is 12.6. The number of rotatable bonds is 2. The van der Waals surface area contributed by atoms with Gasteiger partial charge in [0.05, 0.1) is 23.6 Å². The summed E-state index contributed by atoms with van der Waals surface area (Å²) in [6, 6.07) is 7.86. The lowest BCUT2D eigenvalue weighted by Crippen LogP contribution is -2.26. The van der Waals surface area contributed by atoms with E-state index in [1.165, 1.54) is 25.0 Å². The Balaban J connectivity index is 1.82. The monoisotopic (exact) mass is 300 g/mol. The van der Waals surface area contributed by atoms with Gasteiger partial charge < -0.3 is 4.74 Å². The first-order valence-corrected chi connectivity index (χ1v) is 8.08. The summed E-state index contributed by atoms with van der Waals surface area (Å²) in [4.78, 5) is 0. The third-order valence-electron chi connectivity index (χ3n) is 3.96. The molecular weight excluding hydrogens is 284 g/mol. The number of aromatic nitrogens is 3. The molecule has 1 aliphatic carbocycles. The fourth-order valence-corrected chi connectivity index (χ4v) is 4.04. The third-order valence-corrected chi connectivity index (χ3v) is 5.21. The van der Waals surface area contributed by atoms with E-state index in [1.807, 2.05) is 28.9 Å². The van der Waals surface area contributed by atoms with Crippen LogP contribution in [0, 0.1) is 0 Å². The summed E-state index contributed by atoms with van der Waals surface area (Å²) in [7, 11) is 1.67. The molecule has 21 heavy (non-hydrogen) atoms. The van der Waals surface area contributed by atoms with Gasteiger partial charge in [-0.1, -0.05) is 30.3 Å². The zero-order chi connectivity index (χ0) is 14.2. The molecule has 0 radical (unpaired) electrons. The number of fused-ring (bicyclic) bond motifs is 2. The zero-order valence-electron chi connectivity index (χ0n) is 11.8. The molecule has 1 atom stereocenters. The number of hydrogen-bond donors (Lipinski definition) is 0. The Labute approximate surface area is 127 Å². The number of ether oxygens (including phenoxy) is 1. The largest absolute Gasteiger partial charge is 0.496 e. The normalized spacial score (nSPS) is 20.4. The molecular formula is C15H16N4OS. The molecule has 2 aromatic rings. The van der Waals surface area contributed by atoms with E-state index < -0.39 is 0 Å². The summed E-state index contributed by atoms with van der Waals surface area (Å²) in [6.07, 6.45) is 4.79. The number of hydrogen-bond acceptors (Lipinski definition) is 5. The molecule has 1 saturated carbocycles. The minimum atomic E-state index is 0.487. The van der Waals surface area contributed by atoms with Gasteiger partial charge in [-0.2, -0.15) is 9.78 Å². The Morgan fingerprint density at radius 1 is 1.24 bits per heavy atom. The van der Waals surface area contributed by atoms with Gasteiger partial charge in [-0.25, -0.2) is 0 Å². The molecule has 2 heterocycles. The molecule has 0 amide bonds. The lowest BCUT2D eigenvalue weighted by atomic mass is 9.98. The van der Waals surface area contributed by atoms with Crippen LogP contribution in [0.3, 0.4) is 0 Å². The summed E-state index contributed by atoms with van der Waals surface area (Å²) in [5, 5.41) is 14.8. The van der Waals surface area contributed by atoms with Crippen molar-refractivity contribution in [2.45, 2.75) is 36.1 Å². The molecule has 1 unspecified atom stereocenters. The molecule has 1 aromatic carbocycles. The first kappa shape index (κ1) is 12.9. The van der Waals surface area contributed by atoms with Crippen molar-refractivity contribution in [3.8, 4) is 17.1 Å². The Kier molecular flexibility index (Phi) is 3.18. The Bertz CT molecular complexity index is 709. The van der Waals surface area contributed by atoms with Gasteiger partial charge in [0.2, 0.25) is 5.16 Å². The number of benzene rings is 1.